The van der Waals surface area contributed by atoms with Crippen LogP contribution in [0, 0.1) is 5.82 Å². The van der Waals surface area contributed by atoms with Crippen molar-refractivity contribution >= 4 is 46.2 Å². The first-order valence-corrected chi connectivity index (χ1v) is 13.9. The fraction of sp³-hybridized carbons (Fsp3) is 0.345. The first-order valence-electron chi connectivity index (χ1n) is 13.5. The molecule has 1 atom stereocenters. The van der Waals surface area contributed by atoms with Crippen LogP contribution in [0.5, 0.6) is 5.75 Å². The number of hydrogen-bond donors (Lipinski definition) is 2. The monoisotopic (exact) mass is 581 g/mol. The van der Waals surface area contributed by atoms with E-state index in [1.807, 2.05) is 12.1 Å². The number of carbonyl (C=O) groups excluding carboxylic acids is 1. The number of rotatable bonds is 9. The Morgan fingerprint density at radius 3 is 2.76 bits per heavy atom. The third-order valence-electron chi connectivity index (χ3n) is 7.31. The number of nitrogens with zero attached hydrogens (tertiary/aromatic N) is 5. The van der Waals surface area contributed by atoms with Gasteiger partial charge in [-0.15, -0.1) is 0 Å². The maximum atomic E-state index is 14.8. The highest BCUT2D eigenvalue weighted by Gasteiger charge is 2.32. The van der Waals surface area contributed by atoms with Crippen molar-refractivity contribution in [3.63, 3.8) is 0 Å². The molecule has 0 saturated carbocycles. The van der Waals surface area contributed by atoms with Gasteiger partial charge in [-0.2, -0.15) is 0 Å². The summed E-state index contributed by atoms with van der Waals surface area (Å²) in [6.07, 6.45) is 3.21. The molecule has 2 aliphatic heterocycles. The summed E-state index contributed by atoms with van der Waals surface area (Å²) in [5, 5.41) is 7.85. The molecule has 3 heterocycles. The first-order chi connectivity index (χ1) is 19.9. The Kier molecular flexibility index (Phi) is 8.87. The maximum Gasteiger partial charge on any atom is 0.247 e. The fourth-order valence-electron chi connectivity index (χ4n) is 5.12. The van der Waals surface area contributed by atoms with Crippen LogP contribution in [0.1, 0.15) is 24.9 Å². The minimum Gasteiger partial charge on any atom is -0.494 e. The van der Waals surface area contributed by atoms with Crippen molar-refractivity contribution in [2.75, 3.05) is 67.0 Å². The quantitative estimate of drug-likeness (QED) is 0.332. The van der Waals surface area contributed by atoms with Crippen molar-refractivity contribution in [2.45, 2.75) is 19.4 Å². The largest absolute Gasteiger partial charge is 0.494 e. The third kappa shape index (κ3) is 6.22. The molecule has 0 bridgehead atoms. The molecule has 5 rings (SSSR count). The number of anilines is 5. The highest BCUT2D eigenvalue weighted by Crippen LogP contribution is 2.40. The summed E-state index contributed by atoms with van der Waals surface area (Å²) < 4.78 is 20.6. The van der Waals surface area contributed by atoms with E-state index in [9.17, 15) is 9.18 Å². The minimum atomic E-state index is -0.475. The van der Waals surface area contributed by atoms with Crippen LogP contribution in [-0.2, 0) is 9.63 Å². The van der Waals surface area contributed by atoms with E-state index in [0.29, 0.717) is 47.4 Å². The lowest BCUT2D eigenvalue weighted by Gasteiger charge is -2.36. The summed E-state index contributed by atoms with van der Waals surface area (Å²) in [7, 11) is 1.59. The van der Waals surface area contributed by atoms with Crippen LogP contribution in [0.2, 0.25) is 5.02 Å². The summed E-state index contributed by atoms with van der Waals surface area (Å²) in [6, 6.07) is 9.96. The van der Waals surface area contributed by atoms with Gasteiger partial charge in [-0.3, -0.25) is 9.63 Å². The number of benzene rings is 2. The molecule has 3 aromatic rings. The number of carbonyl (C=O) groups is 1. The molecule has 2 saturated heterocycles. The summed E-state index contributed by atoms with van der Waals surface area (Å²) in [5.74, 6) is 0.695. The van der Waals surface area contributed by atoms with Gasteiger partial charge in [-0.1, -0.05) is 37.2 Å². The molecule has 0 aliphatic carbocycles. The molecule has 2 N–H and O–H groups in total. The fourth-order valence-corrected chi connectivity index (χ4v) is 5.30. The van der Waals surface area contributed by atoms with Crippen molar-refractivity contribution in [3.8, 4) is 5.75 Å². The van der Waals surface area contributed by atoms with Gasteiger partial charge in [0.1, 0.15) is 23.7 Å². The standard InChI is InChI=1S/C29H33ClFN7O3/c1-4-28(39)35-21-15-22(25(40-3)16-24(21)37-12-10-36(5-2)11-13-37)34-26-17-27(33-18-32-26)38-23(9-14-41-38)19-7-6-8-20(30)29(19)31/h4,6-8,15-18,23H,1,5,9-14H2,2-3H3,(H,35,39)(H,32,33,34)/t23-/m1/s1. The predicted octanol–water partition coefficient (Wildman–Crippen LogP) is 5.17. The number of methoxy groups -OCH3 is 1. The normalized spacial score (nSPS) is 17.4. The van der Waals surface area contributed by atoms with Gasteiger partial charge < -0.3 is 25.2 Å². The Morgan fingerprint density at radius 2 is 2.02 bits per heavy atom. The van der Waals surface area contributed by atoms with Crippen molar-refractivity contribution < 1.29 is 18.8 Å². The number of nitrogens with one attached hydrogen (secondary N) is 2. The number of hydrogen-bond acceptors (Lipinski definition) is 9. The average Bonchev–Trinajstić information content (AvgIpc) is 3.49. The highest BCUT2D eigenvalue weighted by molar-refractivity contribution is 6.30. The van der Waals surface area contributed by atoms with Crippen molar-refractivity contribution in [2.24, 2.45) is 0 Å². The van der Waals surface area contributed by atoms with Gasteiger partial charge >= 0.3 is 0 Å². The smallest absolute Gasteiger partial charge is 0.247 e. The van der Waals surface area contributed by atoms with E-state index >= 15 is 0 Å². The lowest BCUT2D eigenvalue weighted by Crippen LogP contribution is -2.46. The number of amides is 1. The van der Waals surface area contributed by atoms with Crippen LogP contribution in [0.4, 0.5) is 33.1 Å². The SMILES string of the molecule is C=CC(=O)Nc1cc(Nc2cc(N3OCC[C@@H]3c3cccc(Cl)c3F)ncn2)c(OC)cc1N1CCN(CC)CC1. The van der Waals surface area contributed by atoms with Crippen molar-refractivity contribution in [3.05, 3.63) is 71.8 Å². The van der Waals surface area contributed by atoms with Crippen molar-refractivity contribution in [1.82, 2.24) is 14.9 Å². The van der Waals surface area contributed by atoms with E-state index in [2.05, 4.69) is 43.9 Å². The summed E-state index contributed by atoms with van der Waals surface area (Å²) in [5.41, 5.74) is 2.50. The van der Waals surface area contributed by atoms with Gasteiger partial charge in [0, 0.05) is 50.3 Å². The zero-order valence-corrected chi connectivity index (χ0v) is 23.8. The van der Waals surface area contributed by atoms with Gasteiger partial charge in [0.25, 0.3) is 0 Å². The van der Waals surface area contributed by atoms with Crippen LogP contribution in [-0.4, -0.2) is 67.2 Å². The molecule has 216 valence electrons. The Hall–Kier alpha value is -3.93. The number of likely N-dealkylation sites (N-methyl/N-ethyl adjacent to an activating group) is 1. The van der Waals surface area contributed by atoms with Crippen LogP contribution in [0.15, 0.2) is 55.4 Å². The van der Waals surface area contributed by atoms with E-state index in [1.165, 1.54) is 18.5 Å². The van der Waals surface area contributed by atoms with Crippen LogP contribution < -0.4 is 25.3 Å². The zero-order valence-electron chi connectivity index (χ0n) is 23.1. The molecule has 12 heteroatoms. The van der Waals surface area contributed by atoms with Gasteiger partial charge in [0.05, 0.1) is 41.8 Å². The Balaban J connectivity index is 1.44. The first kappa shape index (κ1) is 28.6. The number of piperazine rings is 1. The Labute approximate surface area is 243 Å². The number of ether oxygens (including phenoxy) is 1. The highest BCUT2D eigenvalue weighted by atomic mass is 35.5. The second kappa shape index (κ2) is 12.7. The topological polar surface area (TPSA) is 95.1 Å². The zero-order chi connectivity index (χ0) is 28.9. The van der Waals surface area contributed by atoms with E-state index in [1.54, 1.807) is 30.4 Å². The molecule has 2 fully saturated rings. The summed E-state index contributed by atoms with van der Waals surface area (Å²) >= 11 is 6.04. The van der Waals surface area contributed by atoms with Gasteiger partial charge in [0.2, 0.25) is 5.91 Å². The minimum absolute atomic E-state index is 0.0570. The van der Waals surface area contributed by atoms with E-state index in [4.69, 9.17) is 21.2 Å². The van der Waals surface area contributed by atoms with Gasteiger partial charge in [-0.05, 0) is 24.8 Å². The second-order valence-corrected chi connectivity index (χ2v) is 10.1. The molecule has 2 aromatic carbocycles. The molecule has 0 spiro atoms. The molecule has 41 heavy (non-hydrogen) atoms. The molecule has 0 unspecified atom stereocenters. The molecule has 10 nitrogen and oxygen atoms in total. The molecule has 1 aromatic heterocycles. The Morgan fingerprint density at radius 1 is 1.22 bits per heavy atom. The van der Waals surface area contributed by atoms with Crippen LogP contribution >= 0.6 is 11.6 Å². The lowest BCUT2D eigenvalue weighted by molar-refractivity contribution is -0.111. The summed E-state index contributed by atoms with van der Waals surface area (Å²) in [4.78, 5) is 31.5. The average molecular weight is 582 g/mol. The van der Waals surface area contributed by atoms with Gasteiger partial charge in [-0.25, -0.2) is 19.4 Å². The molecular formula is C29H33ClFN7O3. The van der Waals surface area contributed by atoms with Crippen LogP contribution in [0.25, 0.3) is 0 Å². The van der Waals surface area contributed by atoms with Crippen molar-refractivity contribution in [1.29, 1.82) is 0 Å². The van der Waals surface area contributed by atoms with Crippen LogP contribution in [0.3, 0.4) is 0 Å². The van der Waals surface area contributed by atoms with E-state index in [0.717, 1.165) is 38.4 Å². The van der Waals surface area contributed by atoms with E-state index in [-0.39, 0.29) is 10.9 Å². The molecule has 2 aliphatic rings. The third-order valence-corrected chi connectivity index (χ3v) is 7.60. The van der Waals surface area contributed by atoms with E-state index < -0.39 is 11.9 Å². The predicted molar refractivity (Wildman–Crippen MR) is 159 cm³/mol. The maximum absolute atomic E-state index is 14.8. The number of hydroxylamine groups is 1. The number of aromatic nitrogens is 2. The number of halogens is 2. The summed E-state index contributed by atoms with van der Waals surface area (Å²) in [6.45, 7) is 10.6. The molecular weight excluding hydrogens is 549 g/mol. The Bertz CT molecular complexity index is 1420. The lowest BCUT2D eigenvalue weighted by atomic mass is 10.0. The second-order valence-electron chi connectivity index (χ2n) is 9.68. The van der Waals surface area contributed by atoms with Gasteiger partial charge in [0.15, 0.2) is 5.82 Å². The molecule has 0 radical (unpaired) electrons. The molecule has 1 amide bonds.